The van der Waals surface area contributed by atoms with E-state index in [-0.39, 0.29) is 26.4 Å². The van der Waals surface area contributed by atoms with Gasteiger partial charge in [0.05, 0.1) is 79.3 Å². The van der Waals surface area contributed by atoms with Crippen LogP contribution in [-0.2, 0) is 47.5 Å². The van der Waals surface area contributed by atoms with Crippen LogP contribution in [0.4, 0.5) is 0 Å². The summed E-state index contributed by atoms with van der Waals surface area (Å²) in [7, 11) is 1.94. The number of nitrogens with one attached hydrogen (secondary N) is 2. The van der Waals surface area contributed by atoms with Gasteiger partial charge < -0.3 is 84.1 Å². The van der Waals surface area contributed by atoms with Crippen LogP contribution in [0.5, 0.6) is 0 Å². The maximum atomic E-state index is 11.5. The van der Waals surface area contributed by atoms with E-state index in [2.05, 4.69) is 10.6 Å². The van der Waals surface area contributed by atoms with Gasteiger partial charge >= 0.3 is 0 Å². The van der Waals surface area contributed by atoms with E-state index in [0.717, 1.165) is 0 Å². The lowest BCUT2D eigenvalue weighted by molar-refractivity contribution is -0.272. The van der Waals surface area contributed by atoms with E-state index in [9.17, 15) is 40.2 Å². The van der Waals surface area contributed by atoms with Crippen LogP contribution >= 0.6 is 0 Å². The molecule has 0 aromatic carbocycles. The molecule has 19 heteroatoms. The molecular weight excluding hydrogens is 646 g/mol. The average Bonchev–Trinajstić information content (AvgIpc) is 3.05. The van der Waals surface area contributed by atoms with Crippen LogP contribution in [0.25, 0.3) is 0 Å². The predicted octanol–water partition coefficient (Wildman–Crippen LogP) is -5.09. The van der Waals surface area contributed by atoms with Crippen molar-refractivity contribution in [1.29, 1.82) is 0 Å². The largest absolute Gasteiger partial charge is 0.394 e. The fourth-order valence-corrected chi connectivity index (χ4v) is 4.87. The van der Waals surface area contributed by atoms with Gasteiger partial charge in [0.2, 0.25) is 11.8 Å². The summed E-state index contributed by atoms with van der Waals surface area (Å²) in [5.41, 5.74) is 0. The molecule has 10 unspecified atom stereocenters. The number of hydrogen-bond donors (Lipinski definition) is 8. The molecular formula is C29H55N3O16. The molecule has 0 saturated carbocycles. The first-order valence-corrected chi connectivity index (χ1v) is 16.0. The van der Waals surface area contributed by atoms with Crippen molar-refractivity contribution < 1.29 is 78.1 Å². The maximum absolute atomic E-state index is 11.5. The van der Waals surface area contributed by atoms with E-state index >= 15 is 0 Å². The molecule has 0 radical (unpaired) electrons. The molecule has 8 N–H and O–H groups in total. The third-order valence-corrected chi connectivity index (χ3v) is 7.50. The summed E-state index contributed by atoms with van der Waals surface area (Å²) in [6.07, 6.45) is -9.73. The molecule has 282 valence electrons. The Labute approximate surface area is 280 Å². The summed E-state index contributed by atoms with van der Waals surface area (Å²) >= 11 is 0. The standard InChI is InChI=1S/C29H55N3O16/c1-18(35)30-22-26(39)24(37)20(16-33)47-28(22)45-14-12-43-10-8-41-6-4-32(3)5-7-42-9-11-44-13-15-46-29-23(31-19(2)36)27(40)25(38)21(17-34)48-29/h20-29,33-34,37-40H,4-17H2,1-3H3,(H,30,35)(H,31,36). The number of hydrogen-bond acceptors (Lipinski definition) is 17. The Balaban J connectivity index is 1.44. The second-order valence-corrected chi connectivity index (χ2v) is 11.4. The summed E-state index contributed by atoms with van der Waals surface area (Å²) in [5.74, 6) is -0.863. The van der Waals surface area contributed by atoms with Crippen molar-refractivity contribution in [3.8, 4) is 0 Å². The van der Waals surface area contributed by atoms with Crippen LogP contribution in [-0.4, -0.2) is 208 Å². The Bertz CT molecular complexity index is 825. The molecule has 10 atom stereocenters. The van der Waals surface area contributed by atoms with Gasteiger partial charge in [0.1, 0.15) is 48.7 Å². The van der Waals surface area contributed by atoms with Gasteiger partial charge in [-0.15, -0.1) is 0 Å². The lowest BCUT2D eigenvalue weighted by atomic mass is 9.97. The number of carbonyl (C=O) groups excluding carboxylic acids is 2. The zero-order valence-electron chi connectivity index (χ0n) is 27.9. The van der Waals surface area contributed by atoms with Gasteiger partial charge in [-0.05, 0) is 7.05 Å². The molecule has 2 aliphatic heterocycles. The zero-order valence-corrected chi connectivity index (χ0v) is 27.9. The maximum Gasteiger partial charge on any atom is 0.217 e. The SMILES string of the molecule is CC(=O)NC1C(OCCOCCOCCN(C)CCOCCOCCOC2OC(CO)C(O)C(O)C2NC(C)=O)OC(CO)C(O)C1O. The third-order valence-electron chi connectivity index (χ3n) is 7.50. The van der Waals surface area contributed by atoms with E-state index < -0.39 is 86.3 Å². The number of likely N-dealkylation sites (N-methyl/N-ethyl adjacent to an activating group) is 1. The van der Waals surface area contributed by atoms with Gasteiger partial charge in [0.15, 0.2) is 12.6 Å². The highest BCUT2D eigenvalue weighted by Crippen LogP contribution is 2.23. The molecule has 0 aliphatic carbocycles. The second kappa shape index (κ2) is 23.7. The Kier molecular flexibility index (Phi) is 21.0. The van der Waals surface area contributed by atoms with Crippen LogP contribution in [0.15, 0.2) is 0 Å². The zero-order chi connectivity index (χ0) is 35.5. The first-order valence-electron chi connectivity index (χ1n) is 16.0. The summed E-state index contributed by atoms with van der Waals surface area (Å²) in [4.78, 5) is 25.0. The van der Waals surface area contributed by atoms with E-state index in [1.807, 2.05) is 11.9 Å². The van der Waals surface area contributed by atoms with Gasteiger partial charge in [-0.2, -0.15) is 0 Å². The molecule has 19 nitrogen and oxygen atoms in total. The molecule has 2 aliphatic rings. The molecule has 0 aromatic heterocycles. The van der Waals surface area contributed by atoms with Crippen molar-refractivity contribution in [2.24, 2.45) is 0 Å². The van der Waals surface area contributed by atoms with Crippen molar-refractivity contribution in [2.75, 3.05) is 99.4 Å². The summed E-state index contributed by atoms with van der Waals surface area (Å²) in [6.45, 7) is 5.73. The number of aliphatic hydroxyl groups excluding tert-OH is 6. The van der Waals surface area contributed by atoms with Gasteiger partial charge in [0, 0.05) is 26.9 Å². The molecule has 0 spiro atoms. The van der Waals surface area contributed by atoms with Gasteiger partial charge in [-0.3, -0.25) is 9.59 Å². The Morgan fingerprint density at radius 1 is 0.583 bits per heavy atom. The molecule has 0 aromatic rings. The normalized spacial score (nSPS) is 30.8. The highest BCUT2D eigenvalue weighted by Gasteiger charge is 2.46. The van der Waals surface area contributed by atoms with E-state index in [1.165, 1.54) is 13.8 Å². The highest BCUT2D eigenvalue weighted by molar-refractivity contribution is 5.73. The van der Waals surface area contributed by atoms with Crippen LogP contribution < -0.4 is 10.6 Å². The summed E-state index contributed by atoms with van der Waals surface area (Å²) in [6, 6.07) is -2.01. The Hall–Kier alpha value is -1.66. The van der Waals surface area contributed by atoms with Crippen molar-refractivity contribution in [1.82, 2.24) is 15.5 Å². The van der Waals surface area contributed by atoms with Crippen LogP contribution in [0, 0.1) is 0 Å². The topological polar surface area (TPSA) is 257 Å². The molecule has 2 amide bonds. The number of amides is 2. The lowest BCUT2D eigenvalue weighted by Gasteiger charge is -2.42. The van der Waals surface area contributed by atoms with Gasteiger partial charge in [0.25, 0.3) is 0 Å². The third kappa shape index (κ3) is 15.1. The lowest BCUT2D eigenvalue weighted by Crippen LogP contribution is -2.64. The van der Waals surface area contributed by atoms with Crippen molar-refractivity contribution in [3.63, 3.8) is 0 Å². The number of nitrogens with zero attached hydrogens (tertiary/aromatic N) is 1. The molecule has 2 saturated heterocycles. The fourth-order valence-electron chi connectivity index (χ4n) is 4.87. The number of rotatable bonds is 24. The highest BCUT2D eigenvalue weighted by atomic mass is 16.7. The van der Waals surface area contributed by atoms with Crippen molar-refractivity contribution >= 4 is 11.8 Å². The van der Waals surface area contributed by atoms with Crippen molar-refractivity contribution in [3.05, 3.63) is 0 Å². The molecule has 2 rings (SSSR count). The molecule has 0 bridgehead atoms. The van der Waals surface area contributed by atoms with Crippen LogP contribution in [0.2, 0.25) is 0 Å². The van der Waals surface area contributed by atoms with Crippen LogP contribution in [0.1, 0.15) is 13.8 Å². The van der Waals surface area contributed by atoms with Crippen LogP contribution in [0.3, 0.4) is 0 Å². The van der Waals surface area contributed by atoms with E-state index in [1.54, 1.807) is 0 Å². The van der Waals surface area contributed by atoms with E-state index in [4.69, 9.17) is 37.9 Å². The minimum atomic E-state index is -1.38. The second-order valence-electron chi connectivity index (χ2n) is 11.4. The average molecular weight is 702 g/mol. The number of carbonyl (C=O) groups is 2. The smallest absolute Gasteiger partial charge is 0.217 e. The first kappa shape index (κ1) is 42.5. The van der Waals surface area contributed by atoms with Gasteiger partial charge in [-0.25, -0.2) is 0 Å². The Morgan fingerprint density at radius 3 is 1.25 bits per heavy atom. The number of aliphatic hydroxyl groups is 6. The summed E-state index contributed by atoms with van der Waals surface area (Å²) in [5, 5.41) is 64.3. The minimum absolute atomic E-state index is 0.0850. The monoisotopic (exact) mass is 701 g/mol. The molecule has 2 heterocycles. The number of ether oxygens (including phenoxy) is 8. The predicted molar refractivity (Wildman–Crippen MR) is 163 cm³/mol. The Morgan fingerprint density at radius 2 is 0.917 bits per heavy atom. The van der Waals surface area contributed by atoms with Gasteiger partial charge in [-0.1, -0.05) is 0 Å². The summed E-state index contributed by atoms with van der Waals surface area (Å²) < 4.78 is 44.3. The quantitative estimate of drug-likeness (QED) is 0.0438. The molecule has 48 heavy (non-hydrogen) atoms. The fraction of sp³-hybridized carbons (Fsp3) is 0.931. The minimum Gasteiger partial charge on any atom is -0.394 e. The molecule has 2 fully saturated rings. The van der Waals surface area contributed by atoms with E-state index in [0.29, 0.717) is 52.7 Å². The first-order chi connectivity index (χ1) is 23.0. The van der Waals surface area contributed by atoms with Crippen molar-refractivity contribution in [2.45, 2.75) is 75.1 Å².